The zero-order valence-electron chi connectivity index (χ0n) is 22.3. The highest BCUT2D eigenvalue weighted by molar-refractivity contribution is 5.87. The molecule has 10 heteroatoms. The molecule has 0 saturated carbocycles. The molecule has 38 heavy (non-hydrogen) atoms. The van der Waals surface area contributed by atoms with Gasteiger partial charge in [0.15, 0.2) is 11.5 Å². The van der Waals surface area contributed by atoms with Crippen molar-refractivity contribution in [3.8, 4) is 0 Å². The number of hydrogen-bond acceptors (Lipinski definition) is 6. The highest BCUT2D eigenvalue weighted by Crippen LogP contribution is 2.33. The first-order chi connectivity index (χ1) is 17.9. The van der Waals surface area contributed by atoms with Crippen molar-refractivity contribution in [2.24, 2.45) is 7.05 Å². The van der Waals surface area contributed by atoms with Gasteiger partial charge in [0, 0.05) is 44.6 Å². The van der Waals surface area contributed by atoms with Gasteiger partial charge < -0.3 is 19.7 Å². The van der Waals surface area contributed by atoms with Crippen molar-refractivity contribution < 1.29 is 13.2 Å². The summed E-state index contributed by atoms with van der Waals surface area (Å²) < 4.78 is 40.7. The molecule has 1 aliphatic rings. The van der Waals surface area contributed by atoms with E-state index in [1.165, 1.54) is 17.7 Å². The van der Waals surface area contributed by atoms with Crippen LogP contribution in [0.25, 0.3) is 11.2 Å². The van der Waals surface area contributed by atoms with E-state index in [4.69, 9.17) is 9.97 Å². The van der Waals surface area contributed by atoms with Crippen LogP contribution >= 0.6 is 0 Å². The minimum absolute atomic E-state index is 0.00948. The largest absolute Gasteiger partial charge is 0.416 e. The first-order valence-corrected chi connectivity index (χ1v) is 12.6. The number of alkyl halides is 3. The van der Waals surface area contributed by atoms with Crippen molar-refractivity contribution in [3.63, 3.8) is 0 Å². The number of rotatable bonds is 4. The van der Waals surface area contributed by atoms with E-state index in [2.05, 4.69) is 66.0 Å². The van der Waals surface area contributed by atoms with Crippen molar-refractivity contribution in [1.82, 2.24) is 19.5 Å². The van der Waals surface area contributed by atoms with Crippen molar-refractivity contribution in [2.75, 3.05) is 41.3 Å². The number of fused-ring (bicyclic) bond motifs is 1. The summed E-state index contributed by atoms with van der Waals surface area (Å²) in [5.74, 6) is 1.26. The van der Waals surface area contributed by atoms with Crippen molar-refractivity contribution in [1.29, 1.82) is 0 Å². The zero-order valence-corrected chi connectivity index (χ0v) is 22.3. The Balaban J connectivity index is 1.39. The van der Waals surface area contributed by atoms with Crippen LogP contribution in [0.3, 0.4) is 0 Å². The molecule has 2 aromatic carbocycles. The Morgan fingerprint density at radius 3 is 2.11 bits per heavy atom. The van der Waals surface area contributed by atoms with E-state index in [1.807, 2.05) is 11.6 Å². The van der Waals surface area contributed by atoms with Gasteiger partial charge in [0.05, 0.1) is 11.9 Å². The minimum atomic E-state index is -4.34. The van der Waals surface area contributed by atoms with E-state index in [1.54, 1.807) is 6.33 Å². The molecule has 2 aromatic heterocycles. The number of aryl methyl sites for hydroxylation is 2. The molecule has 0 amide bonds. The summed E-state index contributed by atoms with van der Waals surface area (Å²) in [6.45, 7) is 11.2. The summed E-state index contributed by atoms with van der Waals surface area (Å²) in [5.41, 5.74) is 4.88. The van der Waals surface area contributed by atoms with Gasteiger partial charge in [0.2, 0.25) is 5.95 Å². The Hall–Kier alpha value is -3.82. The molecule has 200 valence electrons. The Labute approximate surface area is 220 Å². The number of benzene rings is 2. The van der Waals surface area contributed by atoms with Crippen LogP contribution in [-0.4, -0.2) is 45.7 Å². The van der Waals surface area contributed by atoms with Gasteiger partial charge in [0.1, 0.15) is 5.52 Å². The van der Waals surface area contributed by atoms with Gasteiger partial charge in [-0.25, -0.2) is 4.98 Å². The number of anilines is 4. The van der Waals surface area contributed by atoms with Crippen LogP contribution in [0, 0.1) is 6.92 Å². The van der Waals surface area contributed by atoms with Gasteiger partial charge in [-0.3, -0.25) is 0 Å². The Morgan fingerprint density at radius 2 is 1.47 bits per heavy atom. The average molecular weight is 524 g/mol. The van der Waals surface area contributed by atoms with Crippen LogP contribution in [0.5, 0.6) is 0 Å². The second-order valence-corrected chi connectivity index (χ2v) is 10.8. The Bertz CT molecular complexity index is 1440. The molecular formula is C28H32F3N7. The van der Waals surface area contributed by atoms with Gasteiger partial charge in [-0.05, 0) is 53.8 Å². The first kappa shape index (κ1) is 25.8. The fraction of sp³-hybridized carbons (Fsp3) is 0.393. The quantitative estimate of drug-likeness (QED) is 0.351. The maximum atomic E-state index is 12.9. The predicted octanol–water partition coefficient (Wildman–Crippen LogP) is 6.06. The normalized spacial score (nSPS) is 14.8. The summed E-state index contributed by atoms with van der Waals surface area (Å²) in [6.07, 6.45) is -2.60. The number of piperazine rings is 1. The topological polar surface area (TPSA) is 62.1 Å². The summed E-state index contributed by atoms with van der Waals surface area (Å²) in [7, 11) is 1.92. The van der Waals surface area contributed by atoms with E-state index < -0.39 is 11.7 Å². The van der Waals surface area contributed by atoms with E-state index in [-0.39, 0.29) is 5.41 Å². The summed E-state index contributed by atoms with van der Waals surface area (Å²) in [6, 6.07) is 11.8. The first-order valence-electron chi connectivity index (χ1n) is 12.6. The van der Waals surface area contributed by atoms with Crippen LogP contribution in [0.15, 0.2) is 48.8 Å². The van der Waals surface area contributed by atoms with Gasteiger partial charge in [-0.2, -0.15) is 23.1 Å². The fourth-order valence-electron chi connectivity index (χ4n) is 4.65. The molecule has 7 nitrogen and oxygen atoms in total. The monoisotopic (exact) mass is 523 g/mol. The maximum absolute atomic E-state index is 12.9. The van der Waals surface area contributed by atoms with Gasteiger partial charge >= 0.3 is 6.18 Å². The third-order valence-corrected chi connectivity index (χ3v) is 7.04. The molecule has 0 atom stereocenters. The zero-order chi connectivity index (χ0) is 27.2. The van der Waals surface area contributed by atoms with E-state index in [0.29, 0.717) is 43.6 Å². The van der Waals surface area contributed by atoms with Crippen molar-refractivity contribution in [3.05, 3.63) is 65.5 Å². The predicted molar refractivity (Wildman–Crippen MR) is 145 cm³/mol. The molecule has 0 bridgehead atoms. The second-order valence-electron chi connectivity index (χ2n) is 10.8. The molecule has 1 fully saturated rings. The molecule has 1 saturated heterocycles. The minimum Gasteiger partial charge on any atom is -0.368 e. The van der Waals surface area contributed by atoms with E-state index >= 15 is 0 Å². The van der Waals surface area contributed by atoms with E-state index in [9.17, 15) is 13.2 Å². The molecule has 0 radical (unpaired) electrons. The molecule has 3 heterocycles. The Kier molecular flexibility index (Phi) is 6.44. The van der Waals surface area contributed by atoms with Gasteiger partial charge in [0.25, 0.3) is 0 Å². The SMILES string of the molecule is Cc1ccc(C(C)(C)C)cc1Nc1nc(N2CCN(c3ccc(C(F)(F)F)cc3)CC2)nc2ncn(C)c12. The van der Waals surface area contributed by atoms with Crippen LogP contribution in [0.1, 0.15) is 37.5 Å². The number of imidazole rings is 1. The standard InChI is InChI=1S/C28H32F3N7/c1-18-6-7-20(27(2,3)4)16-22(18)33-25-23-24(32-17-36(23)5)34-26(35-25)38-14-12-37(13-15-38)21-10-8-19(9-11-21)28(29,30)31/h6-11,16-17H,12-15H2,1-5H3,(H,33,34,35). The third-order valence-electron chi connectivity index (χ3n) is 7.04. The smallest absolute Gasteiger partial charge is 0.368 e. The van der Waals surface area contributed by atoms with Crippen LogP contribution in [0.4, 0.5) is 36.3 Å². The molecule has 0 spiro atoms. The van der Waals surface area contributed by atoms with Crippen molar-refractivity contribution in [2.45, 2.75) is 39.3 Å². The van der Waals surface area contributed by atoms with Crippen LogP contribution in [-0.2, 0) is 18.6 Å². The molecule has 4 aromatic rings. The Morgan fingerprint density at radius 1 is 0.842 bits per heavy atom. The average Bonchev–Trinajstić information content (AvgIpc) is 3.25. The molecule has 1 N–H and O–H groups in total. The second kappa shape index (κ2) is 9.49. The lowest BCUT2D eigenvalue weighted by Gasteiger charge is -2.36. The van der Waals surface area contributed by atoms with Crippen LogP contribution < -0.4 is 15.1 Å². The lowest BCUT2D eigenvalue weighted by atomic mass is 9.86. The van der Waals surface area contributed by atoms with Crippen LogP contribution in [0.2, 0.25) is 0 Å². The highest BCUT2D eigenvalue weighted by atomic mass is 19.4. The lowest BCUT2D eigenvalue weighted by molar-refractivity contribution is -0.137. The summed E-state index contributed by atoms with van der Waals surface area (Å²) in [4.78, 5) is 18.3. The van der Waals surface area contributed by atoms with Gasteiger partial charge in [-0.1, -0.05) is 32.9 Å². The molecule has 1 aliphatic heterocycles. The highest BCUT2D eigenvalue weighted by Gasteiger charge is 2.30. The number of aromatic nitrogens is 4. The number of halogens is 3. The number of nitrogens with zero attached hydrogens (tertiary/aromatic N) is 6. The fourth-order valence-corrected chi connectivity index (χ4v) is 4.65. The molecular weight excluding hydrogens is 491 g/mol. The summed E-state index contributed by atoms with van der Waals surface area (Å²) >= 11 is 0. The lowest BCUT2D eigenvalue weighted by Crippen LogP contribution is -2.47. The summed E-state index contributed by atoms with van der Waals surface area (Å²) in [5, 5.41) is 3.55. The molecule has 0 aliphatic carbocycles. The molecule has 0 unspecified atom stereocenters. The number of nitrogens with one attached hydrogen (secondary N) is 1. The maximum Gasteiger partial charge on any atom is 0.416 e. The van der Waals surface area contributed by atoms with E-state index in [0.717, 1.165) is 34.6 Å². The molecule has 5 rings (SSSR count). The third kappa shape index (κ3) is 5.12. The van der Waals surface area contributed by atoms with Gasteiger partial charge in [-0.15, -0.1) is 0 Å². The number of hydrogen-bond donors (Lipinski definition) is 1. The van der Waals surface area contributed by atoms with Crippen molar-refractivity contribution >= 4 is 34.3 Å².